The number of nitrogens with zero attached hydrogens (tertiary/aromatic N) is 2. The first-order valence-corrected chi connectivity index (χ1v) is 8.29. The summed E-state index contributed by atoms with van der Waals surface area (Å²) < 4.78 is 0. The minimum Gasteiger partial charge on any atom is -0.375 e. The molecule has 100 valence electrons. The minimum absolute atomic E-state index is 0.582. The van der Waals surface area contributed by atoms with Gasteiger partial charge in [0.25, 0.3) is 0 Å². The zero-order valence-corrected chi connectivity index (χ0v) is 12.5. The van der Waals surface area contributed by atoms with Crippen LogP contribution in [0.25, 0.3) is 10.6 Å². The average Bonchev–Trinajstić information content (AvgIpc) is 3.10. The lowest BCUT2D eigenvalue weighted by Gasteiger charge is -2.28. The second-order valence-electron chi connectivity index (χ2n) is 4.98. The van der Waals surface area contributed by atoms with Crippen LogP contribution >= 0.6 is 34.3 Å². The van der Waals surface area contributed by atoms with Crippen LogP contribution < -0.4 is 16.0 Å². The number of hydrogen-bond acceptors (Lipinski definition) is 6. The maximum absolute atomic E-state index is 6.02. The van der Waals surface area contributed by atoms with E-state index in [0.29, 0.717) is 17.2 Å². The molecular weight excluding hydrogens is 300 g/mol. The van der Waals surface area contributed by atoms with Gasteiger partial charge in [0.05, 0.1) is 9.90 Å². The molecule has 2 fully saturated rings. The Morgan fingerprint density at radius 2 is 2.42 bits per heavy atom. The summed E-state index contributed by atoms with van der Waals surface area (Å²) in [4.78, 5) is 8.07. The van der Waals surface area contributed by atoms with Crippen molar-refractivity contribution in [1.82, 2.24) is 10.3 Å². The van der Waals surface area contributed by atoms with Crippen molar-refractivity contribution in [3.8, 4) is 10.6 Å². The molecule has 2 bridgehead atoms. The van der Waals surface area contributed by atoms with Gasteiger partial charge in [-0.2, -0.15) is 0 Å². The molecule has 0 spiro atoms. The quantitative estimate of drug-likeness (QED) is 0.895. The summed E-state index contributed by atoms with van der Waals surface area (Å²) in [6.45, 7) is 2.12. The molecular formula is C12H13ClN4S2. The van der Waals surface area contributed by atoms with Crippen LogP contribution in [0.15, 0.2) is 11.4 Å². The van der Waals surface area contributed by atoms with Gasteiger partial charge in [0, 0.05) is 30.6 Å². The predicted molar refractivity (Wildman–Crippen MR) is 82.4 cm³/mol. The van der Waals surface area contributed by atoms with E-state index in [0.717, 1.165) is 28.7 Å². The van der Waals surface area contributed by atoms with Crippen LogP contribution in [0.1, 0.15) is 6.42 Å². The lowest BCUT2D eigenvalue weighted by atomic mass is 10.2. The molecule has 0 amide bonds. The summed E-state index contributed by atoms with van der Waals surface area (Å²) in [6, 6.07) is 3.17. The molecule has 4 nitrogen and oxygen atoms in total. The van der Waals surface area contributed by atoms with Crippen molar-refractivity contribution in [1.29, 1.82) is 0 Å². The number of nitrogens with one attached hydrogen (secondary N) is 1. The Morgan fingerprint density at radius 3 is 3.05 bits per heavy atom. The summed E-state index contributed by atoms with van der Waals surface area (Å²) in [6.07, 6.45) is 1.22. The maximum atomic E-state index is 6.02. The van der Waals surface area contributed by atoms with Crippen LogP contribution in [0.3, 0.4) is 0 Å². The smallest absolute Gasteiger partial charge is 0.182 e. The van der Waals surface area contributed by atoms with Gasteiger partial charge >= 0.3 is 0 Å². The largest absolute Gasteiger partial charge is 0.375 e. The number of hydrogen-bond donors (Lipinski definition) is 2. The van der Waals surface area contributed by atoms with E-state index >= 15 is 0 Å². The monoisotopic (exact) mass is 312 g/mol. The zero-order valence-electron chi connectivity index (χ0n) is 10.1. The lowest BCUT2D eigenvalue weighted by Crippen LogP contribution is -2.43. The Labute approximate surface area is 124 Å². The molecule has 2 aromatic rings. The molecule has 3 N–H and O–H groups in total. The van der Waals surface area contributed by atoms with Crippen LogP contribution in [-0.4, -0.2) is 30.2 Å². The van der Waals surface area contributed by atoms with Crippen molar-refractivity contribution >= 4 is 44.4 Å². The fourth-order valence-corrected chi connectivity index (χ4v) is 4.99. The van der Waals surface area contributed by atoms with Crippen molar-refractivity contribution in [3.05, 3.63) is 16.5 Å². The number of fused-ring (bicyclic) bond motifs is 2. The fourth-order valence-electron chi connectivity index (χ4n) is 2.93. The third kappa shape index (κ3) is 1.94. The van der Waals surface area contributed by atoms with Gasteiger partial charge in [-0.3, -0.25) is 0 Å². The maximum Gasteiger partial charge on any atom is 0.182 e. The SMILES string of the molecule is Nc1nc(-c2cc(Cl)cs2)c(N2CC3CC2CN3)s1. The first-order chi connectivity index (χ1) is 9.20. The van der Waals surface area contributed by atoms with Crippen LogP contribution in [0, 0.1) is 0 Å². The van der Waals surface area contributed by atoms with E-state index in [9.17, 15) is 0 Å². The fraction of sp³-hybridized carbons (Fsp3) is 0.417. The summed E-state index contributed by atoms with van der Waals surface area (Å²) >= 11 is 9.23. The summed E-state index contributed by atoms with van der Waals surface area (Å²) in [7, 11) is 0. The van der Waals surface area contributed by atoms with Gasteiger partial charge in [0.2, 0.25) is 0 Å². The van der Waals surface area contributed by atoms with Crippen molar-refractivity contribution in [3.63, 3.8) is 0 Å². The van der Waals surface area contributed by atoms with Gasteiger partial charge in [-0.25, -0.2) is 4.98 Å². The molecule has 0 saturated carbocycles. The van der Waals surface area contributed by atoms with Gasteiger partial charge in [-0.1, -0.05) is 22.9 Å². The number of piperazine rings is 1. The summed E-state index contributed by atoms with van der Waals surface area (Å²) in [5, 5.41) is 8.05. The van der Waals surface area contributed by atoms with Crippen LogP contribution in [0.2, 0.25) is 5.02 Å². The highest BCUT2D eigenvalue weighted by atomic mass is 35.5. The number of halogens is 1. The Kier molecular flexibility index (Phi) is 2.73. The van der Waals surface area contributed by atoms with Gasteiger partial charge in [-0.05, 0) is 12.5 Å². The number of rotatable bonds is 2. The highest BCUT2D eigenvalue weighted by molar-refractivity contribution is 7.20. The van der Waals surface area contributed by atoms with E-state index in [2.05, 4.69) is 15.2 Å². The molecule has 2 aromatic heterocycles. The number of nitrogens with two attached hydrogens (primary N) is 1. The van der Waals surface area contributed by atoms with Gasteiger partial charge < -0.3 is 16.0 Å². The van der Waals surface area contributed by atoms with Crippen molar-refractivity contribution in [2.45, 2.75) is 18.5 Å². The molecule has 7 heteroatoms. The zero-order chi connectivity index (χ0) is 13.0. The molecule has 19 heavy (non-hydrogen) atoms. The van der Waals surface area contributed by atoms with E-state index in [-0.39, 0.29) is 0 Å². The lowest BCUT2D eigenvalue weighted by molar-refractivity contribution is 0.582. The molecule has 4 heterocycles. The normalized spacial score (nSPS) is 25.4. The second-order valence-corrected chi connectivity index (χ2v) is 7.34. The van der Waals surface area contributed by atoms with Crippen molar-refractivity contribution < 1.29 is 0 Å². The Hall–Kier alpha value is -0.820. The highest BCUT2D eigenvalue weighted by Crippen LogP contribution is 2.43. The topological polar surface area (TPSA) is 54.2 Å². The average molecular weight is 313 g/mol. The third-order valence-electron chi connectivity index (χ3n) is 3.74. The Bertz CT molecular complexity index is 623. The summed E-state index contributed by atoms with van der Waals surface area (Å²) in [5.74, 6) is 0. The second kappa shape index (κ2) is 4.34. The number of thiophene rings is 1. The predicted octanol–water partition coefficient (Wildman–Crippen LogP) is 2.66. The number of anilines is 2. The van der Waals surface area contributed by atoms with Crippen LogP contribution in [0.4, 0.5) is 10.1 Å². The first-order valence-electron chi connectivity index (χ1n) is 6.21. The van der Waals surface area contributed by atoms with E-state index in [1.54, 1.807) is 22.7 Å². The van der Waals surface area contributed by atoms with Crippen LogP contribution in [0.5, 0.6) is 0 Å². The van der Waals surface area contributed by atoms with Gasteiger partial charge in [0.15, 0.2) is 5.13 Å². The molecule has 0 aliphatic carbocycles. The number of thiazole rings is 1. The molecule has 4 rings (SSSR count). The number of aromatic nitrogens is 1. The molecule has 0 radical (unpaired) electrons. The molecule has 2 atom stereocenters. The third-order valence-corrected chi connectivity index (χ3v) is 5.95. The Morgan fingerprint density at radius 1 is 1.53 bits per heavy atom. The highest BCUT2D eigenvalue weighted by Gasteiger charge is 2.39. The minimum atomic E-state index is 0.582. The van der Waals surface area contributed by atoms with E-state index in [4.69, 9.17) is 17.3 Å². The van der Waals surface area contributed by atoms with E-state index in [1.807, 2.05) is 11.4 Å². The first kappa shape index (κ1) is 12.0. The molecule has 2 saturated heterocycles. The van der Waals surface area contributed by atoms with Crippen LogP contribution in [-0.2, 0) is 0 Å². The standard InChI is InChI=1S/C12H13ClN4S2/c13-6-1-9(18-5-6)10-11(19-12(14)16-10)17-4-7-2-8(17)3-15-7/h1,5,7-8,15H,2-4H2,(H2,14,16). The Balaban J connectivity index is 1.76. The van der Waals surface area contributed by atoms with Crippen molar-refractivity contribution in [2.24, 2.45) is 0 Å². The van der Waals surface area contributed by atoms with Gasteiger partial charge in [-0.15, -0.1) is 11.3 Å². The number of nitrogen functional groups attached to an aromatic ring is 1. The molecule has 0 aromatic carbocycles. The molecule has 2 unspecified atom stereocenters. The van der Waals surface area contributed by atoms with E-state index in [1.165, 1.54) is 11.4 Å². The van der Waals surface area contributed by atoms with E-state index < -0.39 is 0 Å². The molecule has 2 aliphatic rings. The summed E-state index contributed by atoms with van der Waals surface area (Å²) in [5.41, 5.74) is 6.92. The van der Waals surface area contributed by atoms with Crippen molar-refractivity contribution in [2.75, 3.05) is 23.7 Å². The van der Waals surface area contributed by atoms with Gasteiger partial charge in [0.1, 0.15) is 10.7 Å². The molecule has 2 aliphatic heterocycles.